The van der Waals surface area contributed by atoms with Gasteiger partial charge in [-0.05, 0) is 18.1 Å². The molecule has 2 N–H and O–H groups in total. The van der Waals surface area contributed by atoms with Gasteiger partial charge < -0.3 is 10.6 Å². The fraction of sp³-hybridized carbons (Fsp3) is 0.429. The van der Waals surface area contributed by atoms with Crippen molar-refractivity contribution < 1.29 is 9.72 Å². The summed E-state index contributed by atoms with van der Waals surface area (Å²) in [5.74, 6) is 0.917. The Hall–Kier alpha value is -3.21. The third kappa shape index (κ3) is 5.94. The summed E-state index contributed by atoms with van der Waals surface area (Å²) in [6.45, 7) is 9.98. The number of carbonyl (C=O) groups excluding carboxylic acids is 1. The minimum Gasteiger partial charge on any atom is -0.369 e. The molecule has 1 aromatic carbocycles. The van der Waals surface area contributed by atoms with Crippen molar-refractivity contribution in [1.29, 1.82) is 0 Å². The van der Waals surface area contributed by atoms with Gasteiger partial charge in [-0.1, -0.05) is 39.5 Å². The molecule has 3 aromatic rings. The third-order valence-electron chi connectivity index (χ3n) is 4.44. The molecule has 0 fully saturated rings. The number of thioether (sulfide) groups is 1. The van der Waals surface area contributed by atoms with E-state index in [1.807, 2.05) is 0 Å². The molecule has 0 aliphatic carbocycles. The number of benzene rings is 1. The van der Waals surface area contributed by atoms with Crippen molar-refractivity contribution in [3.63, 3.8) is 0 Å². The number of amides is 1. The number of hydrogen-bond acceptors (Lipinski definition) is 8. The Morgan fingerprint density at radius 3 is 2.53 bits per heavy atom. The number of anilines is 1. The van der Waals surface area contributed by atoms with E-state index in [2.05, 4.69) is 53.4 Å². The summed E-state index contributed by atoms with van der Waals surface area (Å²) in [5.41, 5.74) is 1.01. The van der Waals surface area contributed by atoms with Crippen LogP contribution in [0.5, 0.6) is 0 Å². The van der Waals surface area contributed by atoms with E-state index in [0.717, 1.165) is 17.7 Å². The first-order valence-electron chi connectivity index (χ1n) is 10.4. The second-order valence-electron chi connectivity index (χ2n) is 7.96. The van der Waals surface area contributed by atoms with Crippen molar-refractivity contribution in [2.24, 2.45) is 5.92 Å². The Morgan fingerprint density at radius 1 is 1.19 bits per heavy atom. The number of nitro groups is 1. The number of non-ortho nitro benzene ring substituents is 1. The van der Waals surface area contributed by atoms with Gasteiger partial charge in [0.05, 0.1) is 23.1 Å². The molecule has 0 spiro atoms. The number of nitro benzene ring substituents is 1. The summed E-state index contributed by atoms with van der Waals surface area (Å²) in [6.07, 6.45) is 1.74. The molecule has 2 heterocycles. The second-order valence-corrected chi connectivity index (χ2v) is 9.50. The van der Waals surface area contributed by atoms with Crippen LogP contribution >= 0.6 is 11.8 Å². The monoisotopic (exact) mass is 457 g/mol. The van der Waals surface area contributed by atoms with Crippen molar-refractivity contribution in [2.45, 2.75) is 44.6 Å². The van der Waals surface area contributed by atoms with Crippen molar-refractivity contribution in [1.82, 2.24) is 25.1 Å². The molecule has 2 aromatic heterocycles. The van der Waals surface area contributed by atoms with Crippen LogP contribution in [0.3, 0.4) is 0 Å². The van der Waals surface area contributed by atoms with Gasteiger partial charge in [0.2, 0.25) is 0 Å². The number of hydrogen-bond donors (Lipinski definition) is 2. The van der Waals surface area contributed by atoms with Gasteiger partial charge >= 0.3 is 0 Å². The van der Waals surface area contributed by atoms with E-state index < -0.39 is 4.92 Å². The first-order valence-corrected chi connectivity index (χ1v) is 11.3. The van der Waals surface area contributed by atoms with Crippen molar-refractivity contribution in [2.75, 3.05) is 18.4 Å². The molecule has 0 aliphatic rings. The fourth-order valence-corrected chi connectivity index (χ4v) is 3.61. The lowest BCUT2D eigenvalue weighted by molar-refractivity contribution is -0.384. The van der Waals surface area contributed by atoms with E-state index in [4.69, 9.17) is 0 Å². The molecule has 0 saturated carbocycles. The van der Waals surface area contributed by atoms with Crippen LogP contribution in [0.25, 0.3) is 11.0 Å². The lowest BCUT2D eigenvalue weighted by Crippen LogP contribution is -2.27. The molecule has 0 unspecified atom stereocenters. The smallest absolute Gasteiger partial charge is 0.269 e. The molecule has 3 rings (SSSR count). The highest BCUT2D eigenvalue weighted by Crippen LogP contribution is 2.26. The zero-order valence-electron chi connectivity index (χ0n) is 18.5. The summed E-state index contributed by atoms with van der Waals surface area (Å²) >= 11 is 1.58. The molecule has 0 saturated heterocycles. The Bertz CT molecular complexity index is 1100. The third-order valence-corrected chi connectivity index (χ3v) is 5.31. The fourth-order valence-electron chi connectivity index (χ4n) is 2.91. The number of carbonyl (C=O) groups is 1. The topological polar surface area (TPSA) is 128 Å². The molecule has 32 heavy (non-hydrogen) atoms. The van der Waals surface area contributed by atoms with Crippen LogP contribution in [0, 0.1) is 16.0 Å². The zero-order valence-corrected chi connectivity index (χ0v) is 19.3. The van der Waals surface area contributed by atoms with Gasteiger partial charge in [0.15, 0.2) is 10.8 Å². The van der Waals surface area contributed by atoms with Gasteiger partial charge in [0.1, 0.15) is 5.82 Å². The van der Waals surface area contributed by atoms with E-state index >= 15 is 0 Å². The van der Waals surface area contributed by atoms with Crippen LogP contribution in [0.15, 0.2) is 35.6 Å². The van der Waals surface area contributed by atoms with E-state index in [1.165, 1.54) is 24.3 Å². The standard InChI is InChI=1S/C21H27N7O3S/c1-13(2)11-23-18-17-12-24-27(19(17)26-21(25-18)32-14(3)4)10-9-22-20(29)15-5-7-16(8-6-15)28(30)31/h5-8,12-14H,9-11H2,1-4H3,(H,22,29)(H,23,25,26). The predicted octanol–water partition coefficient (Wildman–Crippen LogP) is 3.73. The average molecular weight is 458 g/mol. The number of rotatable bonds is 10. The maximum absolute atomic E-state index is 12.3. The molecule has 1 amide bonds. The van der Waals surface area contributed by atoms with Gasteiger partial charge in [0, 0.05) is 36.0 Å². The number of nitrogens with one attached hydrogen (secondary N) is 2. The number of nitrogens with zero attached hydrogens (tertiary/aromatic N) is 5. The molecule has 0 atom stereocenters. The molecular formula is C21H27N7O3S. The minimum absolute atomic E-state index is 0.0544. The number of aromatic nitrogens is 4. The predicted molar refractivity (Wildman–Crippen MR) is 125 cm³/mol. The summed E-state index contributed by atoms with van der Waals surface area (Å²) < 4.78 is 1.75. The molecular weight excluding hydrogens is 430 g/mol. The first-order chi connectivity index (χ1) is 15.2. The maximum atomic E-state index is 12.3. The lowest BCUT2D eigenvalue weighted by atomic mass is 10.2. The lowest BCUT2D eigenvalue weighted by Gasteiger charge is -2.12. The second kappa shape index (κ2) is 10.4. The highest BCUT2D eigenvalue weighted by Gasteiger charge is 2.15. The van der Waals surface area contributed by atoms with Gasteiger partial charge in [-0.2, -0.15) is 5.10 Å². The average Bonchev–Trinajstić information content (AvgIpc) is 3.14. The minimum atomic E-state index is -0.498. The largest absolute Gasteiger partial charge is 0.369 e. The molecule has 0 aliphatic heterocycles. The van der Waals surface area contributed by atoms with E-state index in [1.54, 1.807) is 22.6 Å². The van der Waals surface area contributed by atoms with Crippen LogP contribution in [0.1, 0.15) is 38.1 Å². The van der Waals surface area contributed by atoms with Crippen molar-refractivity contribution in [3.8, 4) is 0 Å². The molecule has 0 bridgehead atoms. The van der Waals surface area contributed by atoms with E-state index in [0.29, 0.717) is 40.6 Å². The van der Waals surface area contributed by atoms with Gasteiger partial charge in [-0.25, -0.2) is 14.6 Å². The Morgan fingerprint density at radius 2 is 1.91 bits per heavy atom. The van der Waals surface area contributed by atoms with Crippen LogP contribution in [0.2, 0.25) is 0 Å². The maximum Gasteiger partial charge on any atom is 0.269 e. The van der Waals surface area contributed by atoms with Crippen LogP contribution in [0.4, 0.5) is 11.5 Å². The van der Waals surface area contributed by atoms with Crippen LogP contribution in [-0.4, -0.2) is 48.9 Å². The highest BCUT2D eigenvalue weighted by molar-refractivity contribution is 7.99. The Labute approximate surface area is 190 Å². The van der Waals surface area contributed by atoms with Gasteiger partial charge in [0.25, 0.3) is 11.6 Å². The summed E-state index contributed by atoms with van der Waals surface area (Å²) in [4.78, 5) is 31.9. The van der Waals surface area contributed by atoms with Crippen molar-refractivity contribution in [3.05, 3.63) is 46.1 Å². The van der Waals surface area contributed by atoms with Crippen LogP contribution in [-0.2, 0) is 6.54 Å². The van der Waals surface area contributed by atoms with Gasteiger partial charge in [-0.15, -0.1) is 0 Å². The summed E-state index contributed by atoms with van der Waals surface area (Å²) in [5, 5.41) is 23.2. The van der Waals surface area contributed by atoms with Crippen LogP contribution < -0.4 is 10.6 Å². The Balaban J connectivity index is 1.73. The molecule has 0 radical (unpaired) electrons. The van der Waals surface area contributed by atoms with E-state index in [9.17, 15) is 14.9 Å². The summed E-state index contributed by atoms with van der Waals surface area (Å²) in [7, 11) is 0. The normalized spacial score (nSPS) is 11.3. The van der Waals surface area contributed by atoms with Gasteiger partial charge in [-0.3, -0.25) is 14.9 Å². The molecule has 170 valence electrons. The summed E-state index contributed by atoms with van der Waals surface area (Å²) in [6, 6.07) is 5.50. The molecule has 10 nitrogen and oxygen atoms in total. The first kappa shape index (κ1) is 23.5. The quantitative estimate of drug-likeness (QED) is 0.204. The van der Waals surface area contributed by atoms with E-state index in [-0.39, 0.29) is 11.6 Å². The number of fused-ring (bicyclic) bond motifs is 1. The zero-order chi connectivity index (χ0) is 23.3. The highest BCUT2D eigenvalue weighted by atomic mass is 32.2. The molecule has 11 heteroatoms. The SMILES string of the molecule is CC(C)CNc1nc(SC(C)C)nc2c1cnn2CCNC(=O)c1ccc([N+](=O)[O-])cc1. The Kier molecular flexibility index (Phi) is 7.62. The van der Waals surface area contributed by atoms with Crippen molar-refractivity contribution >= 4 is 40.2 Å².